The highest BCUT2D eigenvalue weighted by atomic mass is 35.5. The van der Waals surface area contributed by atoms with Crippen molar-refractivity contribution in [2.75, 3.05) is 39.6 Å². The van der Waals surface area contributed by atoms with E-state index >= 15 is 0 Å². The molecule has 0 spiro atoms. The highest BCUT2D eigenvalue weighted by molar-refractivity contribution is 7.99. The first-order chi connectivity index (χ1) is 8.14. The maximum absolute atomic E-state index is 12.3. The minimum atomic E-state index is -0.321. The topological polar surface area (TPSA) is 50.4 Å². The number of hydrogen-bond acceptors (Lipinski definition) is 4. The Morgan fingerprint density at radius 2 is 2.11 bits per heavy atom. The molecule has 1 atom stereocenters. The van der Waals surface area contributed by atoms with Gasteiger partial charge in [0.05, 0.1) is 12.0 Å². The first-order valence-corrected chi connectivity index (χ1v) is 7.44. The van der Waals surface area contributed by atoms with Crippen LogP contribution in [0.25, 0.3) is 0 Å². The van der Waals surface area contributed by atoms with Gasteiger partial charge in [0.15, 0.2) is 0 Å². The maximum atomic E-state index is 12.3. The van der Waals surface area contributed by atoms with E-state index in [4.69, 9.17) is 4.74 Å². The van der Waals surface area contributed by atoms with Gasteiger partial charge in [0, 0.05) is 18.9 Å². The quantitative estimate of drug-likeness (QED) is 0.776. The van der Waals surface area contributed by atoms with Gasteiger partial charge in [-0.05, 0) is 32.2 Å². The van der Waals surface area contributed by atoms with Crippen LogP contribution in [0, 0.1) is 5.41 Å². The summed E-state index contributed by atoms with van der Waals surface area (Å²) in [5.74, 6) is 0.154. The minimum absolute atomic E-state index is 0. The number of rotatable bonds is 6. The summed E-state index contributed by atoms with van der Waals surface area (Å²) in [6, 6.07) is 0. The standard InChI is InChI=1S/C12H24N2O2S.ClH/c1-10(17-3)8-14-11(15)12(9-16-2)4-6-13-7-5-12;/h10,13H,4-9H2,1-3H3,(H,14,15);1H. The molecule has 0 aliphatic carbocycles. The number of amides is 1. The largest absolute Gasteiger partial charge is 0.384 e. The molecule has 108 valence electrons. The number of piperidine rings is 1. The Labute approximate surface area is 120 Å². The molecule has 0 bridgehead atoms. The van der Waals surface area contributed by atoms with Crippen LogP contribution in [0.5, 0.6) is 0 Å². The van der Waals surface area contributed by atoms with E-state index in [-0.39, 0.29) is 23.7 Å². The fourth-order valence-corrected chi connectivity index (χ4v) is 2.38. The van der Waals surface area contributed by atoms with Crippen LogP contribution in [0.3, 0.4) is 0 Å². The zero-order valence-corrected chi connectivity index (χ0v) is 13.1. The Balaban J connectivity index is 0.00000289. The lowest BCUT2D eigenvalue weighted by atomic mass is 9.78. The monoisotopic (exact) mass is 296 g/mol. The van der Waals surface area contributed by atoms with Gasteiger partial charge in [-0.2, -0.15) is 11.8 Å². The molecule has 1 amide bonds. The third kappa shape index (κ3) is 4.96. The van der Waals surface area contributed by atoms with Gasteiger partial charge in [-0.3, -0.25) is 4.79 Å². The lowest BCUT2D eigenvalue weighted by Gasteiger charge is -2.35. The van der Waals surface area contributed by atoms with E-state index in [0.29, 0.717) is 11.9 Å². The van der Waals surface area contributed by atoms with E-state index in [9.17, 15) is 4.79 Å². The summed E-state index contributed by atoms with van der Waals surface area (Å²) in [6.07, 6.45) is 3.78. The summed E-state index contributed by atoms with van der Waals surface area (Å²) < 4.78 is 5.25. The molecule has 1 aliphatic heterocycles. The molecule has 0 aromatic rings. The van der Waals surface area contributed by atoms with Gasteiger partial charge in [0.25, 0.3) is 0 Å². The Kier molecular flexibility index (Phi) is 9.03. The van der Waals surface area contributed by atoms with Crippen LogP contribution < -0.4 is 10.6 Å². The van der Waals surface area contributed by atoms with Crippen LogP contribution in [0.4, 0.5) is 0 Å². The second-order valence-corrected chi connectivity index (χ2v) is 6.00. The number of halogens is 1. The molecule has 2 N–H and O–H groups in total. The number of hydrogen-bond donors (Lipinski definition) is 2. The molecule has 0 aromatic carbocycles. The van der Waals surface area contributed by atoms with Crippen molar-refractivity contribution in [3.05, 3.63) is 0 Å². The normalized spacial score (nSPS) is 19.7. The van der Waals surface area contributed by atoms with Crippen LogP contribution in [0.2, 0.25) is 0 Å². The number of thioether (sulfide) groups is 1. The van der Waals surface area contributed by atoms with Crippen molar-refractivity contribution in [3.8, 4) is 0 Å². The van der Waals surface area contributed by atoms with E-state index in [1.807, 2.05) is 0 Å². The van der Waals surface area contributed by atoms with Gasteiger partial charge in [-0.1, -0.05) is 6.92 Å². The zero-order chi connectivity index (χ0) is 12.7. The molecule has 1 saturated heterocycles. The van der Waals surface area contributed by atoms with Crippen molar-refractivity contribution in [2.24, 2.45) is 5.41 Å². The van der Waals surface area contributed by atoms with Crippen LogP contribution in [-0.4, -0.2) is 50.8 Å². The molecular weight excluding hydrogens is 272 g/mol. The summed E-state index contributed by atoms with van der Waals surface area (Å²) in [5.41, 5.74) is -0.321. The number of carbonyl (C=O) groups excluding carboxylic acids is 1. The summed E-state index contributed by atoms with van der Waals surface area (Å²) in [7, 11) is 1.67. The van der Waals surface area contributed by atoms with Crippen molar-refractivity contribution < 1.29 is 9.53 Å². The second-order valence-electron chi connectivity index (χ2n) is 4.72. The fourth-order valence-electron chi connectivity index (χ4n) is 2.13. The Hall–Kier alpha value is 0.0300. The molecule has 0 aromatic heterocycles. The Morgan fingerprint density at radius 1 is 1.50 bits per heavy atom. The van der Waals surface area contributed by atoms with Crippen LogP contribution in [0.1, 0.15) is 19.8 Å². The molecular formula is C12H25ClN2O2S. The van der Waals surface area contributed by atoms with Crippen LogP contribution >= 0.6 is 24.2 Å². The summed E-state index contributed by atoms with van der Waals surface area (Å²) in [5, 5.41) is 6.81. The third-order valence-electron chi connectivity index (χ3n) is 3.42. The average Bonchev–Trinajstić information content (AvgIpc) is 2.36. The van der Waals surface area contributed by atoms with E-state index in [1.54, 1.807) is 18.9 Å². The first kappa shape index (κ1) is 18.0. The van der Waals surface area contributed by atoms with Crippen molar-refractivity contribution in [1.82, 2.24) is 10.6 Å². The van der Waals surface area contributed by atoms with Crippen molar-refractivity contribution in [3.63, 3.8) is 0 Å². The Morgan fingerprint density at radius 3 is 2.61 bits per heavy atom. The number of ether oxygens (including phenoxy) is 1. The van der Waals surface area contributed by atoms with Gasteiger partial charge >= 0.3 is 0 Å². The van der Waals surface area contributed by atoms with E-state index in [1.165, 1.54) is 0 Å². The molecule has 1 fully saturated rings. The molecule has 4 nitrogen and oxygen atoms in total. The van der Waals surface area contributed by atoms with Crippen LogP contribution in [0.15, 0.2) is 0 Å². The number of methoxy groups -OCH3 is 1. The first-order valence-electron chi connectivity index (χ1n) is 6.15. The van der Waals surface area contributed by atoms with Gasteiger partial charge in [0.2, 0.25) is 5.91 Å². The van der Waals surface area contributed by atoms with E-state index < -0.39 is 0 Å². The van der Waals surface area contributed by atoms with Gasteiger partial charge in [-0.25, -0.2) is 0 Å². The van der Waals surface area contributed by atoms with E-state index in [2.05, 4.69) is 23.8 Å². The molecule has 18 heavy (non-hydrogen) atoms. The molecule has 6 heteroatoms. The molecule has 1 heterocycles. The predicted octanol–water partition coefficient (Wildman–Crippen LogP) is 1.29. The van der Waals surface area contributed by atoms with Gasteiger partial charge in [0.1, 0.15) is 0 Å². The van der Waals surface area contributed by atoms with Gasteiger partial charge < -0.3 is 15.4 Å². The molecule has 1 rings (SSSR count). The fraction of sp³-hybridized carbons (Fsp3) is 0.917. The molecule has 0 saturated carbocycles. The highest BCUT2D eigenvalue weighted by Crippen LogP contribution is 2.29. The highest BCUT2D eigenvalue weighted by Gasteiger charge is 2.39. The van der Waals surface area contributed by atoms with Crippen molar-refractivity contribution >= 4 is 30.1 Å². The molecule has 1 aliphatic rings. The van der Waals surface area contributed by atoms with Crippen molar-refractivity contribution in [2.45, 2.75) is 25.0 Å². The minimum Gasteiger partial charge on any atom is -0.384 e. The van der Waals surface area contributed by atoms with Crippen molar-refractivity contribution in [1.29, 1.82) is 0 Å². The predicted molar refractivity (Wildman–Crippen MR) is 79.6 cm³/mol. The average molecular weight is 297 g/mol. The van der Waals surface area contributed by atoms with Crippen LogP contribution in [-0.2, 0) is 9.53 Å². The lowest BCUT2D eigenvalue weighted by Crippen LogP contribution is -2.51. The smallest absolute Gasteiger partial charge is 0.228 e. The third-order valence-corrected chi connectivity index (χ3v) is 4.39. The molecule has 0 radical (unpaired) electrons. The lowest BCUT2D eigenvalue weighted by molar-refractivity contribution is -0.136. The maximum Gasteiger partial charge on any atom is 0.228 e. The second kappa shape index (κ2) is 9.02. The zero-order valence-electron chi connectivity index (χ0n) is 11.5. The summed E-state index contributed by atoms with van der Waals surface area (Å²) in [6.45, 7) is 5.17. The number of carbonyl (C=O) groups is 1. The van der Waals surface area contributed by atoms with Gasteiger partial charge in [-0.15, -0.1) is 12.4 Å². The van der Waals surface area contributed by atoms with E-state index in [0.717, 1.165) is 32.5 Å². The molecule has 1 unspecified atom stereocenters. The SMILES string of the molecule is COCC1(C(=O)NCC(C)SC)CCNCC1.Cl. The summed E-state index contributed by atoms with van der Waals surface area (Å²) in [4.78, 5) is 12.3. The number of nitrogens with one attached hydrogen (secondary N) is 2. The summed E-state index contributed by atoms with van der Waals surface area (Å²) >= 11 is 1.77. The Bertz CT molecular complexity index is 243.